The maximum absolute atomic E-state index is 12.6. The van der Waals surface area contributed by atoms with Gasteiger partial charge in [0.1, 0.15) is 5.71 Å². The summed E-state index contributed by atoms with van der Waals surface area (Å²) in [7, 11) is 0. The molecule has 5 nitrogen and oxygen atoms in total. The molecule has 0 bridgehead atoms. The molecule has 25 heavy (non-hydrogen) atoms. The average Bonchev–Trinajstić information content (AvgIpc) is 2.63. The maximum atomic E-state index is 12.6. The van der Waals surface area contributed by atoms with Crippen LogP contribution in [0.5, 0.6) is 0 Å². The van der Waals surface area contributed by atoms with Crippen LogP contribution >= 0.6 is 15.9 Å². The van der Waals surface area contributed by atoms with Gasteiger partial charge in [0.15, 0.2) is 0 Å². The molecule has 0 saturated carbocycles. The number of benzene rings is 2. The summed E-state index contributed by atoms with van der Waals surface area (Å²) in [5, 5.41) is 8.50. The number of hydrazone groups is 1. The second kappa shape index (κ2) is 7.61. The van der Waals surface area contributed by atoms with Crippen LogP contribution in [0.25, 0.3) is 0 Å². The average molecular weight is 400 g/mol. The smallest absolute Gasteiger partial charge is 0.271 e. The maximum Gasteiger partial charge on any atom is 0.271 e. The molecular formula is C19H18BrN3O2. The standard InChI is InChI=1S/C19H18BrN3O2/c1-2-13-5-3-4-6-16(13)21-19(25)17-11-12-18(24)23(22-17)15-9-7-14(20)8-10-15/h3-10H,2,11-12H2,1H3,(H,21,25). The van der Waals surface area contributed by atoms with Crippen molar-refractivity contribution >= 4 is 44.8 Å². The minimum Gasteiger partial charge on any atom is -0.321 e. The Morgan fingerprint density at radius 3 is 2.60 bits per heavy atom. The lowest BCUT2D eigenvalue weighted by molar-refractivity contribution is -0.118. The highest BCUT2D eigenvalue weighted by Crippen LogP contribution is 2.23. The zero-order valence-corrected chi connectivity index (χ0v) is 15.4. The number of para-hydroxylation sites is 1. The van der Waals surface area contributed by atoms with Crippen molar-refractivity contribution in [2.45, 2.75) is 26.2 Å². The van der Waals surface area contributed by atoms with Gasteiger partial charge in [-0.15, -0.1) is 0 Å². The summed E-state index contributed by atoms with van der Waals surface area (Å²) >= 11 is 3.37. The monoisotopic (exact) mass is 399 g/mol. The van der Waals surface area contributed by atoms with E-state index in [9.17, 15) is 9.59 Å². The highest BCUT2D eigenvalue weighted by atomic mass is 79.9. The van der Waals surface area contributed by atoms with Gasteiger partial charge in [-0.2, -0.15) is 5.10 Å². The third kappa shape index (κ3) is 3.96. The van der Waals surface area contributed by atoms with Crippen molar-refractivity contribution in [3.63, 3.8) is 0 Å². The minimum atomic E-state index is -0.268. The summed E-state index contributed by atoms with van der Waals surface area (Å²) in [6, 6.07) is 14.9. The molecule has 0 atom stereocenters. The van der Waals surface area contributed by atoms with Crippen molar-refractivity contribution in [3.8, 4) is 0 Å². The first-order valence-corrected chi connectivity index (χ1v) is 8.93. The van der Waals surface area contributed by atoms with Crippen LogP contribution in [0.15, 0.2) is 58.1 Å². The van der Waals surface area contributed by atoms with E-state index in [1.165, 1.54) is 5.01 Å². The SMILES string of the molecule is CCc1ccccc1NC(=O)C1=NN(c2ccc(Br)cc2)C(=O)CC1. The highest BCUT2D eigenvalue weighted by Gasteiger charge is 2.25. The number of anilines is 2. The topological polar surface area (TPSA) is 61.8 Å². The number of nitrogens with one attached hydrogen (secondary N) is 1. The summed E-state index contributed by atoms with van der Waals surface area (Å²) in [5.41, 5.74) is 2.85. The van der Waals surface area contributed by atoms with Gasteiger partial charge >= 0.3 is 0 Å². The van der Waals surface area contributed by atoms with E-state index in [0.29, 0.717) is 17.8 Å². The third-order valence-corrected chi connectivity index (χ3v) is 4.54. The molecule has 0 saturated heterocycles. The number of hydrogen-bond acceptors (Lipinski definition) is 3. The molecule has 0 unspecified atom stereocenters. The van der Waals surface area contributed by atoms with Crippen LogP contribution < -0.4 is 10.3 Å². The molecule has 1 heterocycles. The van der Waals surface area contributed by atoms with Gasteiger partial charge in [-0.1, -0.05) is 41.1 Å². The van der Waals surface area contributed by atoms with E-state index >= 15 is 0 Å². The van der Waals surface area contributed by atoms with Gasteiger partial charge in [0.25, 0.3) is 5.91 Å². The minimum absolute atomic E-state index is 0.118. The number of hydrogen-bond donors (Lipinski definition) is 1. The Labute approximate surface area is 154 Å². The van der Waals surface area contributed by atoms with Crippen molar-refractivity contribution in [2.24, 2.45) is 5.10 Å². The number of halogens is 1. The lowest BCUT2D eigenvalue weighted by Crippen LogP contribution is -2.36. The fraction of sp³-hybridized carbons (Fsp3) is 0.211. The first-order valence-electron chi connectivity index (χ1n) is 8.13. The number of aryl methyl sites for hydroxylation is 1. The predicted octanol–water partition coefficient (Wildman–Crippen LogP) is 4.13. The summed E-state index contributed by atoms with van der Waals surface area (Å²) < 4.78 is 0.916. The zero-order valence-electron chi connectivity index (χ0n) is 13.8. The lowest BCUT2D eigenvalue weighted by Gasteiger charge is -2.23. The molecule has 6 heteroatoms. The molecule has 0 spiro atoms. The van der Waals surface area contributed by atoms with E-state index in [1.807, 2.05) is 43.3 Å². The van der Waals surface area contributed by atoms with Gasteiger partial charge < -0.3 is 5.32 Å². The van der Waals surface area contributed by atoms with Crippen molar-refractivity contribution in [1.29, 1.82) is 0 Å². The number of rotatable bonds is 4. The van der Waals surface area contributed by atoms with E-state index in [1.54, 1.807) is 12.1 Å². The van der Waals surface area contributed by atoms with E-state index in [-0.39, 0.29) is 18.2 Å². The molecule has 2 aromatic carbocycles. The Morgan fingerprint density at radius 1 is 1.16 bits per heavy atom. The van der Waals surface area contributed by atoms with Crippen molar-refractivity contribution < 1.29 is 9.59 Å². The molecule has 1 N–H and O–H groups in total. The zero-order chi connectivity index (χ0) is 17.8. The number of nitrogens with zero attached hydrogens (tertiary/aromatic N) is 2. The molecule has 1 aliphatic heterocycles. The highest BCUT2D eigenvalue weighted by molar-refractivity contribution is 9.10. The Morgan fingerprint density at radius 2 is 1.88 bits per heavy atom. The molecule has 2 aromatic rings. The molecule has 128 valence electrons. The fourth-order valence-electron chi connectivity index (χ4n) is 2.65. The van der Waals surface area contributed by atoms with Crippen LogP contribution in [0, 0.1) is 0 Å². The molecular weight excluding hydrogens is 382 g/mol. The Kier molecular flexibility index (Phi) is 5.28. The van der Waals surface area contributed by atoms with Crippen LogP contribution in [0.4, 0.5) is 11.4 Å². The van der Waals surface area contributed by atoms with Gasteiger partial charge in [-0.3, -0.25) is 9.59 Å². The number of amides is 2. The molecule has 0 fully saturated rings. The van der Waals surface area contributed by atoms with E-state index in [4.69, 9.17) is 0 Å². The van der Waals surface area contributed by atoms with E-state index in [0.717, 1.165) is 22.1 Å². The molecule has 0 aliphatic carbocycles. The number of carbonyl (C=O) groups excluding carboxylic acids is 2. The second-order valence-corrected chi connectivity index (χ2v) is 6.61. The molecule has 0 radical (unpaired) electrons. The largest absolute Gasteiger partial charge is 0.321 e. The molecule has 3 rings (SSSR count). The summed E-state index contributed by atoms with van der Waals surface area (Å²) in [5.74, 6) is -0.386. The van der Waals surface area contributed by atoms with Gasteiger partial charge in [0.2, 0.25) is 5.91 Å². The Bertz CT molecular complexity index is 831. The second-order valence-electron chi connectivity index (χ2n) is 5.69. The van der Waals surface area contributed by atoms with Crippen LogP contribution in [0.3, 0.4) is 0 Å². The van der Waals surface area contributed by atoms with Gasteiger partial charge in [-0.05, 0) is 42.3 Å². The van der Waals surface area contributed by atoms with Crippen LogP contribution in [0.2, 0.25) is 0 Å². The van der Waals surface area contributed by atoms with Crippen molar-refractivity contribution in [2.75, 3.05) is 10.3 Å². The first kappa shape index (κ1) is 17.4. The summed E-state index contributed by atoms with van der Waals surface area (Å²) in [6.45, 7) is 2.04. The van der Waals surface area contributed by atoms with Crippen LogP contribution in [-0.2, 0) is 16.0 Å². The van der Waals surface area contributed by atoms with Gasteiger partial charge in [0, 0.05) is 23.0 Å². The number of carbonyl (C=O) groups is 2. The quantitative estimate of drug-likeness (QED) is 0.839. The summed E-state index contributed by atoms with van der Waals surface area (Å²) in [6.07, 6.45) is 1.43. The van der Waals surface area contributed by atoms with Gasteiger partial charge in [-0.25, -0.2) is 5.01 Å². The third-order valence-electron chi connectivity index (χ3n) is 4.01. The molecule has 2 amide bonds. The Hall–Kier alpha value is -2.47. The van der Waals surface area contributed by atoms with Crippen LogP contribution in [-0.4, -0.2) is 17.5 Å². The van der Waals surface area contributed by atoms with Crippen molar-refractivity contribution in [3.05, 3.63) is 58.6 Å². The lowest BCUT2D eigenvalue weighted by atomic mass is 10.1. The fourth-order valence-corrected chi connectivity index (χ4v) is 2.91. The predicted molar refractivity (Wildman–Crippen MR) is 103 cm³/mol. The van der Waals surface area contributed by atoms with Gasteiger partial charge in [0.05, 0.1) is 5.69 Å². The van der Waals surface area contributed by atoms with Crippen LogP contribution in [0.1, 0.15) is 25.3 Å². The van der Waals surface area contributed by atoms with E-state index < -0.39 is 0 Å². The normalized spacial score (nSPS) is 14.2. The van der Waals surface area contributed by atoms with Crippen molar-refractivity contribution in [1.82, 2.24) is 0 Å². The first-order chi connectivity index (χ1) is 12.1. The summed E-state index contributed by atoms with van der Waals surface area (Å²) in [4.78, 5) is 24.8. The van der Waals surface area contributed by atoms with E-state index in [2.05, 4.69) is 26.3 Å². The molecule has 0 aromatic heterocycles. The molecule has 1 aliphatic rings. The Balaban J connectivity index is 1.83.